The lowest BCUT2D eigenvalue weighted by Gasteiger charge is -2.61. The first-order chi connectivity index (χ1) is 19.8. The Morgan fingerprint density at radius 3 is 2.37 bits per heavy atom. The molecular formula is C32H36N2O7. The molecule has 5 aliphatic heterocycles. The lowest BCUT2D eigenvalue weighted by Crippen LogP contribution is -2.71. The minimum absolute atomic E-state index is 0.0452. The maximum atomic E-state index is 14.2. The van der Waals surface area contributed by atoms with Crippen LogP contribution in [0.5, 0.6) is 17.2 Å². The van der Waals surface area contributed by atoms with E-state index in [4.69, 9.17) is 23.7 Å². The largest absolute Gasteiger partial charge is 0.493 e. The lowest BCUT2D eigenvalue weighted by atomic mass is 9.58. The Labute approximate surface area is 239 Å². The second-order valence-corrected chi connectivity index (χ2v) is 11.8. The van der Waals surface area contributed by atoms with Gasteiger partial charge in [0.05, 0.1) is 45.5 Å². The van der Waals surface area contributed by atoms with Gasteiger partial charge in [0.1, 0.15) is 11.5 Å². The Morgan fingerprint density at radius 1 is 1.02 bits per heavy atom. The molecule has 9 nitrogen and oxygen atoms in total. The van der Waals surface area contributed by atoms with Crippen molar-refractivity contribution in [2.45, 2.75) is 49.4 Å². The van der Waals surface area contributed by atoms with Gasteiger partial charge in [-0.05, 0) is 43.5 Å². The van der Waals surface area contributed by atoms with Crippen LogP contribution in [0.2, 0.25) is 0 Å². The summed E-state index contributed by atoms with van der Waals surface area (Å²) in [5, 5.41) is 0. The average Bonchev–Trinajstić information content (AvgIpc) is 3.40. The van der Waals surface area contributed by atoms with Crippen molar-refractivity contribution in [1.29, 1.82) is 0 Å². The van der Waals surface area contributed by atoms with E-state index in [2.05, 4.69) is 35.1 Å². The monoisotopic (exact) mass is 560 g/mol. The highest BCUT2D eigenvalue weighted by atomic mass is 16.6. The zero-order valence-corrected chi connectivity index (χ0v) is 24.3. The van der Waals surface area contributed by atoms with Crippen molar-refractivity contribution in [3.63, 3.8) is 0 Å². The van der Waals surface area contributed by atoms with Crippen LogP contribution in [0.1, 0.15) is 35.7 Å². The van der Waals surface area contributed by atoms with Gasteiger partial charge in [0.2, 0.25) is 5.75 Å². The zero-order valence-electron chi connectivity index (χ0n) is 24.3. The Balaban J connectivity index is 1.44. The van der Waals surface area contributed by atoms with Crippen molar-refractivity contribution in [1.82, 2.24) is 4.90 Å². The molecule has 9 heteroatoms. The molecule has 8 unspecified atom stereocenters. The lowest BCUT2D eigenvalue weighted by molar-refractivity contribution is -0.180. The number of nitrogens with zero attached hydrogens (tertiary/aromatic N) is 2. The predicted molar refractivity (Wildman–Crippen MR) is 151 cm³/mol. The van der Waals surface area contributed by atoms with E-state index in [1.807, 2.05) is 19.1 Å². The number of esters is 2. The minimum Gasteiger partial charge on any atom is -0.493 e. The quantitative estimate of drug-likeness (QED) is 0.389. The summed E-state index contributed by atoms with van der Waals surface area (Å²) in [5.41, 5.74) is 2.14. The van der Waals surface area contributed by atoms with Gasteiger partial charge in [-0.3, -0.25) is 9.69 Å². The van der Waals surface area contributed by atoms with Crippen LogP contribution < -0.4 is 19.1 Å². The standard InChI is InChI=1S/C32H36N2O7/c1-7-17-16-34-22-14-20(17)32(30(36)40-6)25(34)15-31(19-10-8-9-11-21(19)33(2)27(22)31)29(32)41-28(35)18-12-23(37-3)26(39-5)24(13-18)38-4/h7-13,20,22,25,27,29H,14-16H2,1-6H3. The molecule has 2 aromatic carbocycles. The van der Waals surface area contributed by atoms with Crippen LogP contribution in [0.15, 0.2) is 48.0 Å². The number of likely N-dealkylation sites (N-methyl/N-ethyl adjacent to an activating group) is 1. The maximum Gasteiger partial charge on any atom is 0.338 e. The molecule has 0 N–H and O–H groups in total. The fourth-order valence-electron chi connectivity index (χ4n) is 9.51. The highest BCUT2D eigenvalue weighted by Gasteiger charge is 2.84. The highest BCUT2D eigenvalue weighted by Crippen LogP contribution is 2.73. The summed E-state index contributed by atoms with van der Waals surface area (Å²) in [6.45, 7) is 2.85. The summed E-state index contributed by atoms with van der Waals surface area (Å²) in [6, 6.07) is 11.7. The summed E-state index contributed by atoms with van der Waals surface area (Å²) >= 11 is 0. The number of fused-ring (bicyclic) bond motifs is 2. The fourth-order valence-corrected chi connectivity index (χ4v) is 9.51. The van der Waals surface area contributed by atoms with E-state index in [0.29, 0.717) is 23.7 Å². The molecule has 216 valence electrons. The average molecular weight is 561 g/mol. The van der Waals surface area contributed by atoms with E-state index < -0.39 is 22.9 Å². The molecule has 5 heterocycles. The number of hydrogen-bond acceptors (Lipinski definition) is 9. The summed E-state index contributed by atoms with van der Waals surface area (Å²) < 4.78 is 28.9. The number of piperidine rings is 4. The van der Waals surface area contributed by atoms with Crippen molar-refractivity contribution < 1.29 is 33.3 Å². The molecule has 8 rings (SSSR count). The summed E-state index contributed by atoms with van der Waals surface area (Å²) in [7, 11) is 8.13. The smallest absolute Gasteiger partial charge is 0.338 e. The SMILES string of the molecule is CC=C1CN2C3CC1C1(C(=O)OC)C2CC2(c4ccccc4N(C)C32)C1OC(=O)c1cc(OC)c(OC)c(OC)c1. The second kappa shape index (κ2) is 8.89. The summed E-state index contributed by atoms with van der Waals surface area (Å²) in [6.07, 6.45) is 2.92. The number of methoxy groups -OCH3 is 4. The molecule has 41 heavy (non-hydrogen) atoms. The van der Waals surface area contributed by atoms with Crippen molar-refractivity contribution in [3.8, 4) is 17.2 Å². The summed E-state index contributed by atoms with van der Waals surface area (Å²) in [5.74, 6) is 0.180. The van der Waals surface area contributed by atoms with Gasteiger partial charge in [-0.15, -0.1) is 0 Å². The van der Waals surface area contributed by atoms with Gasteiger partial charge in [-0.1, -0.05) is 29.8 Å². The Hall–Kier alpha value is -3.72. The molecule has 1 aliphatic carbocycles. The van der Waals surface area contributed by atoms with E-state index in [9.17, 15) is 9.59 Å². The Morgan fingerprint density at radius 2 is 1.73 bits per heavy atom. The Bertz CT molecular complexity index is 1460. The molecule has 1 spiro atoms. The van der Waals surface area contributed by atoms with Gasteiger partial charge in [0, 0.05) is 37.3 Å². The highest BCUT2D eigenvalue weighted by molar-refractivity contribution is 5.93. The van der Waals surface area contributed by atoms with Gasteiger partial charge in [-0.25, -0.2) is 4.79 Å². The van der Waals surface area contributed by atoms with Gasteiger partial charge in [-0.2, -0.15) is 0 Å². The molecule has 8 atom stereocenters. The number of benzene rings is 2. The number of allylic oxidation sites excluding steroid dienone is 1. The maximum absolute atomic E-state index is 14.2. The molecule has 2 aromatic rings. The van der Waals surface area contributed by atoms with E-state index in [0.717, 1.165) is 24.2 Å². The zero-order chi connectivity index (χ0) is 28.8. The van der Waals surface area contributed by atoms with Crippen molar-refractivity contribution in [3.05, 3.63) is 59.2 Å². The molecule has 0 amide bonds. The van der Waals surface area contributed by atoms with Crippen LogP contribution >= 0.6 is 0 Å². The third-order valence-corrected chi connectivity index (χ3v) is 10.8. The van der Waals surface area contributed by atoms with Crippen LogP contribution in [0.4, 0.5) is 5.69 Å². The van der Waals surface area contributed by atoms with Crippen LogP contribution in [0.3, 0.4) is 0 Å². The molecule has 0 aromatic heterocycles. The van der Waals surface area contributed by atoms with E-state index in [-0.39, 0.29) is 35.6 Å². The minimum atomic E-state index is -1.03. The number of carbonyl (C=O) groups excluding carboxylic acids is 2. The number of anilines is 1. The van der Waals surface area contributed by atoms with Gasteiger partial charge in [0.25, 0.3) is 0 Å². The van der Waals surface area contributed by atoms with Crippen LogP contribution in [0, 0.1) is 11.3 Å². The van der Waals surface area contributed by atoms with Crippen molar-refractivity contribution in [2.24, 2.45) is 11.3 Å². The molecule has 6 aliphatic rings. The molecule has 4 saturated heterocycles. The number of rotatable bonds is 6. The fraction of sp³-hybridized carbons (Fsp3) is 0.500. The Kier molecular flexibility index (Phi) is 5.68. The number of ether oxygens (including phenoxy) is 5. The van der Waals surface area contributed by atoms with Crippen molar-refractivity contribution >= 4 is 17.6 Å². The molecule has 5 fully saturated rings. The topological polar surface area (TPSA) is 86.8 Å². The first kappa shape index (κ1) is 26.2. The molecule has 1 saturated carbocycles. The first-order valence-corrected chi connectivity index (χ1v) is 14.2. The molecular weight excluding hydrogens is 524 g/mol. The van der Waals surface area contributed by atoms with Gasteiger partial charge < -0.3 is 28.6 Å². The third-order valence-electron chi connectivity index (χ3n) is 10.8. The van der Waals surface area contributed by atoms with Crippen LogP contribution in [-0.4, -0.2) is 83.1 Å². The van der Waals surface area contributed by atoms with Crippen LogP contribution in [0.25, 0.3) is 0 Å². The van der Waals surface area contributed by atoms with E-state index >= 15 is 0 Å². The van der Waals surface area contributed by atoms with Crippen LogP contribution in [-0.2, 0) is 19.7 Å². The number of para-hydroxylation sites is 1. The van der Waals surface area contributed by atoms with E-state index in [1.165, 1.54) is 34.0 Å². The summed E-state index contributed by atoms with van der Waals surface area (Å²) in [4.78, 5) is 33.3. The third kappa shape index (κ3) is 2.95. The van der Waals surface area contributed by atoms with Gasteiger partial charge >= 0.3 is 11.9 Å². The molecule has 0 radical (unpaired) electrons. The normalized spacial score (nSPS) is 36.1. The number of carbonyl (C=O) groups is 2. The second-order valence-electron chi connectivity index (χ2n) is 11.8. The van der Waals surface area contributed by atoms with E-state index in [1.54, 1.807) is 12.1 Å². The van der Waals surface area contributed by atoms with Gasteiger partial charge in [0.15, 0.2) is 11.5 Å². The first-order valence-electron chi connectivity index (χ1n) is 14.2. The predicted octanol–water partition coefficient (Wildman–Crippen LogP) is 3.59. The van der Waals surface area contributed by atoms with Crippen molar-refractivity contribution in [2.75, 3.05) is 46.9 Å². The number of hydrogen-bond donors (Lipinski definition) is 0. The molecule has 6 bridgehead atoms.